The SMILES string of the molecule is O=C1[C@@H]2[C@H](C(=O)N1c1cccc([N+](=O)[O-])c1)N1CCCN1[C@H]2c1ccccc1. The molecule has 8 heteroatoms. The van der Waals surface area contributed by atoms with E-state index >= 15 is 0 Å². The van der Waals surface area contributed by atoms with Crippen LogP contribution < -0.4 is 4.90 Å². The van der Waals surface area contributed by atoms with Gasteiger partial charge in [0.25, 0.3) is 11.6 Å². The van der Waals surface area contributed by atoms with Crippen LogP contribution in [0.1, 0.15) is 18.0 Å². The molecule has 3 aliphatic heterocycles. The molecule has 0 aromatic heterocycles. The van der Waals surface area contributed by atoms with Crippen molar-refractivity contribution in [2.24, 2.45) is 5.92 Å². The maximum Gasteiger partial charge on any atom is 0.271 e. The van der Waals surface area contributed by atoms with Crippen molar-refractivity contribution in [3.05, 3.63) is 70.3 Å². The van der Waals surface area contributed by atoms with Crippen LogP contribution in [0, 0.1) is 16.0 Å². The molecular formula is C20H18N4O4. The minimum absolute atomic E-state index is 0.141. The van der Waals surface area contributed by atoms with Gasteiger partial charge in [0.15, 0.2) is 0 Å². The Bertz CT molecular complexity index is 979. The number of nitrogens with zero attached hydrogens (tertiary/aromatic N) is 4. The van der Waals surface area contributed by atoms with Crippen molar-refractivity contribution < 1.29 is 14.5 Å². The Hall–Kier alpha value is -3.10. The van der Waals surface area contributed by atoms with Gasteiger partial charge in [-0.3, -0.25) is 19.7 Å². The molecule has 0 radical (unpaired) electrons. The van der Waals surface area contributed by atoms with Crippen molar-refractivity contribution in [3.63, 3.8) is 0 Å². The zero-order valence-corrected chi connectivity index (χ0v) is 15.0. The van der Waals surface area contributed by atoms with Crippen LogP contribution in [0.3, 0.4) is 0 Å². The van der Waals surface area contributed by atoms with E-state index in [0.717, 1.165) is 30.0 Å². The van der Waals surface area contributed by atoms with E-state index < -0.39 is 16.9 Å². The van der Waals surface area contributed by atoms with Gasteiger partial charge in [-0.1, -0.05) is 36.4 Å². The predicted octanol–water partition coefficient (Wildman–Crippen LogP) is 2.13. The van der Waals surface area contributed by atoms with Gasteiger partial charge < -0.3 is 0 Å². The number of carbonyl (C=O) groups excluding carboxylic acids is 2. The number of hydrazine groups is 1. The third-order valence-corrected chi connectivity index (χ3v) is 5.85. The van der Waals surface area contributed by atoms with Crippen LogP contribution in [0.15, 0.2) is 54.6 Å². The van der Waals surface area contributed by atoms with Crippen molar-refractivity contribution in [1.82, 2.24) is 10.0 Å². The van der Waals surface area contributed by atoms with E-state index in [2.05, 4.69) is 5.01 Å². The standard InChI is InChI=1S/C20H18N4O4/c25-19-16-17(13-6-2-1-3-7-13)21-10-5-11-22(21)18(16)20(26)23(19)14-8-4-9-15(12-14)24(27)28/h1-4,6-9,12,16-18H,5,10-11H2/t16-,17-,18+/m0/s1. The van der Waals surface area contributed by atoms with Crippen molar-refractivity contribution >= 4 is 23.2 Å². The Balaban J connectivity index is 1.58. The first-order chi connectivity index (χ1) is 13.6. The van der Waals surface area contributed by atoms with Crippen LogP contribution in [-0.2, 0) is 9.59 Å². The summed E-state index contributed by atoms with van der Waals surface area (Å²) in [5.74, 6) is -1.12. The normalized spacial score (nSPS) is 27.3. The number of amides is 2. The zero-order valence-electron chi connectivity index (χ0n) is 15.0. The van der Waals surface area contributed by atoms with Crippen LogP contribution >= 0.6 is 0 Å². The van der Waals surface area contributed by atoms with Crippen LogP contribution in [0.25, 0.3) is 0 Å². The van der Waals surface area contributed by atoms with E-state index in [1.54, 1.807) is 6.07 Å². The summed E-state index contributed by atoms with van der Waals surface area (Å²) in [7, 11) is 0. The second kappa shape index (κ2) is 6.22. The summed E-state index contributed by atoms with van der Waals surface area (Å²) >= 11 is 0. The van der Waals surface area contributed by atoms with Crippen molar-refractivity contribution in [2.45, 2.75) is 18.5 Å². The Morgan fingerprint density at radius 3 is 2.32 bits per heavy atom. The van der Waals surface area contributed by atoms with Gasteiger partial charge >= 0.3 is 0 Å². The second-order valence-corrected chi connectivity index (χ2v) is 7.29. The summed E-state index contributed by atoms with van der Waals surface area (Å²) in [6.07, 6.45) is 0.935. The number of anilines is 1. The molecule has 2 aromatic rings. The maximum absolute atomic E-state index is 13.4. The molecule has 0 saturated carbocycles. The molecule has 0 spiro atoms. The Kier molecular flexibility index (Phi) is 3.78. The van der Waals surface area contributed by atoms with Gasteiger partial charge in [-0.15, -0.1) is 0 Å². The monoisotopic (exact) mass is 378 g/mol. The second-order valence-electron chi connectivity index (χ2n) is 7.29. The summed E-state index contributed by atoms with van der Waals surface area (Å²) in [5, 5.41) is 15.3. The van der Waals surface area contributed by atoms with Gasteiger partial charge in [-0.25, -0.2) is 14.9 Å². The number of non-ortho nitro benzene ring substituents is 1. The van der Waals surface area contributed by atoms with Crippen LogP contribution in [0.4, 0.5) is 11.4 Å². The van der Waals surface area contributed by atoms with Gasteiger partial charge in [0.2, 0.25) is 5.91 Å². The van der Waals surface area contributed by atoms with E-state index in [1.165, 1.54) is 18.2 Å². The first-order valence-electron chi connectivity index (χ1n) is 9.28. The molecule has 3 heterocycles. The molecule has 5 rings (SSSR count). The Morgan fingerprint density at radius 2 is 1.61 bits per heavy atom. The molecule has 142 valence electrons. The molecule has 8 nitrogen and oxygen atoms in total. The third-order valence-electron chi connectivity index (χ3n) is 5.85. The molecule has 0 unspecified atom stereocenters. The molecule has 3 atom stereocenters. The van der Waals surface area contributed by atoms with E-state index in [1.807, 2.05) is 35.3 Å². The van der Waals surface area contributed by atoms with E-state index in [0.29, 0.717) is 0 Å². The fraction of sp³-hybridized carbons (Fsp3) is 0.300. The van der Waals surface area contributed by atoms with Crippen molar-refractivity contribution in [2.75, 3.05) is 18.0 Å². The summed E-state index contributed by atoms with van der Waals surface area (Å²) in [6, 6.07) is 14.7. The fourth-order valence-corrected chi connectivity index (χ4v) is 4.76. The molecule has 3 saturated heterocycles. The number of fused-ring (bicyclic) bond motifs is 3. The van der Waals surface area contributed by atoms with Crippen LogP contribution in [-0.4, -0.2) is 45.9 Å². The average molecular weight is 378 g/mol. The average Bonchev–Trinajstić information content (AvgIpc) is 3.34. The van der Waals surface area contributed by atoms with E-state index in [9.17, 15) is 19.7 Å². The number of nitro groups is 1. The first kappa shape index (κ1) is 17.0. The van der Waals surface area contributed by atoms with Crippen LogP contribution in [0.5, 0.6) is 0 Å². The molecule has 0 bridgehead atoms. The summed E-state index contributed by atoms with van der Waals surface area (Å²) in [5.41, 5.74) is 1.12. The molecule has 3 aliphatic rings. The molecule has 0 N–H and O–H groups in total. The van der Waals surface area contributed by atoms with E-state index in [4.69, 9.17) is 0 Å². The molecule has 3 fully saturated rings. The Morgan fingerprint density at radius 1 is 0.893 bits per heavy atom. The smallest absolute Gasteiger partial charge is 0.271 e. The minimum Gasteiger partial charge on any atom is -0.274 e. The van der Waals surface area contributed by atoms with Gasteiger partial charge in [-0.05, 0) is 18.1 Å². The lowest BCUT2D eigenvalue weighted by Gasteiger charge is -2.29. The lowest BCUT2D eigenvalue weighted by atomic mass is 9.90. The maximum atomic E-state index is 13.4. The van der Waals surface area contributed by atoms with Crippen molar-refractivity contribution in [3.8, 4) is 0 Å². The highest BCUT2D eigenvalue weighted by Crippen LogP contribution is 2.48. The largest absolute Gasteiger partial charge is 0.274 e. The molecular weight excluding hydrogens is 360 g/mol. The molecule has 0 aliphatic carbocycles. The highest BCUT2D eigenvalue weighted by Gasteiger charge is 2.62. The molecule has 2 aromatic carbocycles. The minimum atomic E-state index is -0.556. The summed E-state index contributed by atoms with van der Waals surface area (Å²) < 4.78 is 0. The summed E-state index contributed by atoms with van der Waals surface area (Å²) in [4.78, 5) is 38.4. The predicted molar refractivity (Wildman–Crippen MR) is 100 cm³/mol. The number of carbonyl (C=O) groups is 2. The van der Waals surface area contributed by atoms with Gasteiger partial charge in [-0.2, -0.15) is 0 Å². The number of hydrogen-bond donors (Lipinski definition) is 0. The van der Waals surface area contributed by atoms with Gasteiger partial charge in [0.05, 0.1) is 22.6 Å². The highest BCUT2D eigenvalue weighted by molar-refractivity contribution is 6.24. The molecule has 28 heavy (non-hydrogen) atoms. The van der Waals surface area contributed by atoms with Crippen molar-refractivity contribution in [1.29, 1.82) is 0 Å². The number of nitro benzene ring substituents is 1. The first-order valence-corrected chi connectivity index (χ1v) is 9.28. The lowest BCUT2D eigenvalue weighted by Crippen LogP contribution is -2.44. The number of benzene rings is 2. The van der Waals surface area contributed by atoms with E-state index in [-0.39, 0.29) is 29.2 Å². The third kappa shape index (κ3) is 2.31. The molecule has 2 amide bonds. The zero-order chi connectivity index (χ0) is 19.4. The topological polar surface area (TPSA) is 87.0 Å². The van der Waals surface area contributed by atoms with Crippen LogP contribution in [0.2, 0.25) is 0 Å². The quantitative estimate of drug-likeness (QED) is 0.462. The number of imide groups is 1. The summed E-state index contributed by atoms with van der Waals surface area (Å²) in [6.45, 7) is 1.54. The highest BCUT2D eigenvalue weighted by atomic mass is 16.6. The number of rotatable bonds is 3. The fourth-order valence-electron chi connectivity index (χ4n) is 4.76. The lowest BCUT2D eigenvalue weighted by molar-refractivity contribution is -0.384. The number of hydrogen-bond acceptors (Lipinski definition) is 6. The van der Waals surface area contributed by atoms with Gasteiger partial charge in [0, 0.05) is 25.2 Å². The van der Waals surface area contributed by atoms with Gasteiger partial charge in [0.1, 0.15) is 6.04 Å². The Labute approximate surface area is 161 Å².